The highest BCUT2D eigenvalue weighted by molar-refractivity contribution is 5.81. The third kappa shape index (κ3) is 5.13. The van der Waals surface area contributed by atoms with Crippen LogP contribution in [0.3, 0.4) is 0 Å². The fraction of sp³-hybridized carbons (Fsp3) is 0.889. The number of rotatable bonds is 5. The van der Waals surface area contributed by atoms with Gasteiger partial charge in [-0.3, -0.25) is 4.79 Å². The number of hydrogen-bond acceptors (Lipinski definition) is 2. The molecule has 0 radical (unpaired) electrons. The van der Waals surface area contributed by atoms with Crippen molar-refractivity contribution in [3.63, 3.8) is 0 Å². The maximum atomic E-state index is 11.3. The van der Waals surface area contributed by atoms with Gasteiger partial charge >= 0.3 is 0 Å². The van der Waals surface area contributed by atoms with E-state index in [4.69, 9.17) is 0 Å². The van der Waals surface area contributed by atoms with Crippen molar-refractivity contribution in [2.75, 3.05) is 13.1 Å². The summed E-state index contributed by atoms with van der Waals surface area (Å²) in [5, 5.41) is 5.92. The number of carbonyl (C=O) groups excluding carboxylic acids is 1. The summed E-state index contributed by atoms with van der Waals surface area (Å²) >= 11 is 0. The van der Waals surface area contributed by atoms with Crippen molar-refractivity contribution >= 4 is 5.91 Å². The van der Waals surface area contributed by atoms with E-state index in [0.29, 0.717) is 5.92 Å². The molecule has 0 aliphatic carbocycles. The molecule has 3 nitrogen and oxygen atoms in total. The van der Waals surface area contributed by atoms with E-state index in [2.05, 4.69) is 24.5 Å². The van der Waals surface area contributed by atoms with E-state index in [1.807, 2.05) is 13.8 Å². The molecule has 1 atom stereocenters. The number of hydrogen-bond donors (Lipinski definition) is 2. The monoisotopic (exact) mass is 172 g/mol. The van der Waals surface area contributed by atoms with Gasteiger partial charge in [0.2, 0.25) is 5.91 Å². The molecule has 0 aromatic heterocycles. The highest BCUT2D eigenvalue weighted by Crippen LogP contribution is 1.88. The van der Waals surface area contributed by atoms with Crippen molar-refractivity contribution in [3.05, 3.63) is 0 Å². The first-order chi connectivity index (χ1) is 5.57. The standard InChI is InChI=1S/C9H20N2O/c1-5-10-8(4)9(12)11-6-7(2)3/h7-8,10H,5-6H2,1-4H3,(H,11,12). The zero-order valence-corrected chi connectivity index (χ0v) is 8.48. The summed E-state index contributed by atoms with van der Waals surface area (Å²) in [6, 6.07) is -0.0752. The van der Waals surface area contributed by atoms with E-state index in [-0.39, 0.29) is 11.9 Å². The summed E-state index contributed by atoms with van der Waals surface area (Å²) in [4.78, 5) is 11.3. The summed E-state index contributed by atoms with van der Waals surface area (Å²) in [7, 11) is 0. The predicted molar refractivity (Wildman–Crippen MR) is 51.0 cm³/mol. The Bertz CT molecular complexity index is 134. The molecule has 0 bridgehead atoms. The quantitative estimate of drug-likeness (QED) is 0.642. The van der Waals surface area contributed by atoms with Crippen molar-refractivity contribution < 1.29 is 4.79 Å². The lowest BCUT2D eigenvalue weighted by atomic mass is 10.2. The molecule has 0 aliphatic heterocycles. The number of carbonyl (C=O) groups is 1. The van der Waals surface area contributed by atoms with E-state index >= 15 is 0 Å². The summed E-state index contributed by atoms with van der Waals surface area (Å²) in [6.07, 6.45) is 0. The van der Waals surface area contributed by atoms with Crippen molar-refractivity contribution in [3.8, 4) is 0 Å². The van der Waals surface area contributed by atoms with Crippen LogP contribution >= 0.6 is 0 Å². The minimum absolute atomic E-state index is 0.0752. The van der Waals surface area contributed by atoms with E-state index in [1.54, 1.807) is 0 Å². The van der Waals surface area contributed by atoms with E-state index in [1.165, 1.54) is 0 Å². The first kappa shape index (κ1) is 11.4. The molecule has 12 heavy (non-hydrogen) atoms. The maximum absolute atomic E-state index is 11.3. The minimum Gasteiger partial charge on any atom is -0.354 e. The molecular formula is C9H20N2O. The van der Waals surface area contributed by atoms with E-state index in [9.17, 15) is 4.79 Å². The van der Waals surface area contributed by atoms with Crippen LogP contribution in [0.2, 0.25) is 0 Å². The van der Waals surface area contributed by atoms with Gasteiger partial charge in [0, 0.05) is 6.54 Å². The van der Waals surface area contributed by atoms with Crippen molar-refractivity contribution in [1.29, 1.82) is 0 Å². The van der Waals surface area contributed by atoms with Gasteiger partial charge in [-0.2, -0.15) is 0 Å². The molecule has 0 saturated heterocycles. The average Bonchev–Trinajstić information content (AvgIpc) is 2.00. The Morgan fingerprint density at radius 2 is 1.92 bits per heavy atom. The first-order valence-electron chi connectivity index (χ1n) is 4.59. The lowest BCUT2D eigenvalue weighted by Gasteiger charge is -2.13. The molecule has 0 saturated carbocycles. The lowest BCUT2D eigenvalue weighted by molar-refractivity contribution is -0.122. The maximum Gasteiger partial charge on any atom is 0.236 e. The molecule has 0 fully saturated rings. The highest BCUT2D eigenvalue weighted by Gasteiger charge is 2.09. The Balaban J connectivity index is 3.57. The zero-order valence-electron chi connectivity index (χ0n) is 8.48. The van der Waals surface area contributed by atoms with Crippen LogP contribution in [0.4, 0.5) is 0 Å². The van der Waals surface area contributed by atoms with Crippen LogP contribution in [0.1, 0.15) is 27.7 Å². The van der Waals surface area contributed by atoms with Gasteiger partial charge < -0.3 is 10.6 Å². The largest absolute Gasteiger partial charge is 0.354 e. The Labute approximate surface area is 74.9 Å². The number of nitrogens with one attached hydrogen (secondary N) is 2. The first-order valence-corrected chi connectivity index (χ1v) is 4.59. The average molecular weight is 172 g/mol. The molecule has 2 N–H and O–H groups in total. The van der Waals surface area contributed by atoms with Gasteiger partial charge in [-0.1, -0.05) is 20.8 Å². The Kier molecular flexibility index (Phi) is 5.72. The van der Waals surface area contributed by atoms with Crippen LogP contribution < -0.4 is 10.6 Å². The lowest BCUT2D eigenvalue weighted by Crippen LogP contribution is -2.43. The van der Waals surface area contributed by atoms with Gasteiger partial charge in [-0.15, -0.1) is 0 Å². The van der Waals surface area contributed by atoms with Gasteiger partial charge in [0.15, 0.2) is 0 Å². The normalized spacial score (nSPS) is 13.1. The van der Waals surface area contributed by atoms with Crippen molar-refractivity contribution in [2.45, 2.75) is 33.7 Å². The van der Waals surface area contributed by atoms with Crippen LogP contribution in [-0.2, 0) is 4.79 Å². The SMILES string of the molecule is CCNC(C)C(=O)NCC(C)C. The second kappa shape index (κ2) is 6.00. The molecule has 72 valence electrons. The van der Waals surface area contributed by atoms with Gasteiger partial charge in [0.1, 0.15) is 0 Å². The van der Waals surface area contributed by atoms with Crippen LogP contribution in [0.5, 0.6) is 0 Å². The van der Waals surface area contributed by atoms with Gasteiger partial charge in [0.05, 0.1) is 6.04 Å². The van der Waals surface area contributed by atoms with Crippen molar-refractivity contribution in [2.24, 2.45) is 5.92 Å². The molecule has 0 rings (SSSR count). The molecule has 1 amide bonds. The highest BCUT2D eigenvalue weighted by atomic mass is 16.2. The smallest absolute Gasteiger partial charge is 0.236 e. The molecule has 1 unspecified atom stereocenters. The van der Waals surface area contributed by atoms with E-state index < -0.39 is 0 Å². The van der Waals surface area contributed by atoms with Crippen molar-refractivity contribution in [1.82, 2.24) is 10.6 Å². The van der Waals surface area contributed by atoms with Crippen LogP contribution in [0.25, 0.3) is 0 Å². The van der Waals surface area contributed by atoms with E-state index in [0.717, 1.165) is 13.1 Å². The fourth-order valence-electron chi connectivity index (χ4n) is 0.857. The molecule has 0 aromatic carbocycles. The molecular weight excluding hydrogens is 152 g/mol. The second-order valence-electron chi connectivity index (χ2n) is 3.42. The number of amides is 1. The number of likely N-dealkylation sites (N-methyl/N-ethyl adjacent to an activating group) is 1. The Morgan fingerprint density at radius 3 is 2.33 bits per heavy atom. The van der Waals surface area contributed by atoms with Gasteiger partial charge in [-0.05, 0) is 19.4 Å². The van der Waals surface area contributed by atoms with Crippen LogP contribution in [-0.4, -0.2) is 25.0 Å². The predicted octanol–water partition coefficient (Wildman–Crippen LogP) is 0.757. The van der Waals surface area contributed by atoms with Crippen LogP contribution in [0, 0.1) is 5.92 Å². The molecule has 0 heterocycles. The summed E-state index contributed by atoms with van der Waals surface area (Å²) in [5.74, 6) is 0.605. The molecule has 3 heteroatoms. The fourth-order valence-corrected chi connectivity index (χ4v) is 0.857. The summed E-state index contributed by atoms with van der Waals surface area (Å²) in [6.45, 7) is 9.62. The van der Waals surface area contributed by atoms with Gasteiger partial charge in [-0.25, -0.2) is 0 Å². The Hall–Kier alpha value is -0.570. The topological polar surface area (TPSA) is 41.1 Å². The minimum atomic E-state index is -0.0752. The molecule has 0 aliphatic rings. The summed E-state index contributed by atoms with van der Waals surface area (Å²) in [5.41, 5.74) is 0. The third-order valence-corrected chi connectivity index (χ3v) is 1.59. The van der Waals surface area contributed by atoms with Crippen LogP contribution in [0.15, 0.2) is 0 Å². The molecule has 0 aromatic rings. The summed E-state index contributed by atoms with van der Waals surface area (Å²) < 4.78 is 0. The zero-order chi connectivity index (χ0) is 9.56. The third-order valence-electron chi connectivity index (χ3n) is 1.59. The van der Waals surface area contributed by atoms with Gasteiger partial charge in [0.25, 0.3) is 0 Å². The Morgan fingerprint density at radius 1 is 1.33 bits per heavy atom. The molecule has 0 spiro atoms. The second-order valence-corrected chi connectivity index (χ2v) is 3.42.